The Morgan fingerprint density at radius 1 is 1.24 bits per heavy atom. The van der Waals surface area contributed by atoms with E-state index in [1.807, 2.05) is 6.08 Å². The van der Waals surface area contributed by atoms with Crippen molar-refractivity contribution in [1.29, 1.82) is 0 Å². The van der Waals surface area contributed by atoms with E-state index in [1.54, 1.807) is 0 Å². The van der Waals surface area contributed by atoms with Crippen LogP contribution in [0.4, 0.5) is 0 Å². The Labute approximate surface area is 200 Å². The number of hydrogen-bond acceptors (Lipinski definition) is 4. The van der Waals surface area contributed by atoms with E-state index in [0.29, 0.717) is 18.3 Å². The van der Waals surface area contributed by atoms with Gasteiger partial charge in [0.1, 0.15) is 6.10 Å². The van der Waals surface area contributed by atoms with Gasteiger partial charge in [-0.2, -0.15) is 0 Å². The predicted octanol–water partition coefficient (Wildman–Crippen LogP) is 5.60. The quantitative estimate of drug-likeness (QED) is 0.297. The van der Waals surface area contributed by atoms with E-state index < -0.39 is 5.97 Å². The van der Waals surface area contributed by atoms with Crippen LogP contribution in [0.25, 0.3) is 0 Å². The Kier molecular flexibility index (Phi) is 7.00. The Morgan fingerprint density at radius 2 is 2.00 bits per heavy atom. The maximum absolute atomic E-state index is 12.4. The maximum Gasteiger partial charge on any atom is 0.336 e. The van der Waals surface area contributed by atoms with Crippen molar-refractivity contribution in [3.8, 4) is 0 Å². The fourth-order valence-corrected chi connectivity index (χ4v) is 8.62. The molecule has 0 aromatic carbocycles. The molecule has 0 radical (unpaired) electrons. The molecule has 33 heavy (non-hydrogen) atoms. The molecule has 0 saturated heterocycles. The van der Waals surface area contributed by atoms with Crippen LogP contribution in [0, 0.1) is 40.4 Å². The second-order valence-electron chi connectivity index (χ2n) is 12.0. The van der Waals surface area contributed by atoms with Crippen molar-refractivity contribution in [2.24, 2.45) is 40.4 Å². The Hall–Kier alpha value is -1.39. The lowest BCUT2D eigenvalue weighted by Gasteiger charge is -2.58. The number of aliphatic hydroxyl groups excluding tert-OH is 2. The van der Waals surface area contributed by atoms with Crippen LogP contribution in [-0.2, 0) is 9.53 Å². The molecule has 2 N–H and O–H groups in total. The monoisotopic (exact) mass is 456 g/mol. The third-order valence-corrected chi connectivity index (χ3v) is 10.5. The van der Waals surface area contributed by atoms with E-state index in [2.05, 4.69) is 40.0 Å². The third kappa shape index (κ3) is 4.16. The Morgan fingerprint density at radius 3 is 2.70 bits per heavy atom. The van der Waals surface area contributed by atoms with Crippen LogP contribution in [-0.4, -0.2) is 35.0 Å². The molecule has 4 rings (SSSR count). The second-order valence-corrected chi connectivity index (χ2v) is 12.0. The van der Waals surface area contributed by atoms with Crippen molar-refractivity contribution >= 4 is 5.97 Å². The molecular weight excluding hydrogens is 412 g/mol. The van der Waals surface area contributed by atoms with Crippen molar-refractivity contribution in [2.75, 3.05) is 6.61 Å². The van der Waals surface area contributed by atoms with Gasteiger partial charge in [-0.25, -0.2) is 4.79 Å². The molecule has 4 aliphatic carbocycles. The molecule has 0 aromatic rings. The van der Waals surface area contributed by atoms with Crippen molar-refractivity contribution in [3.63, 3.8) is 0 Å². The molecule has 3 saturated carbocycles. The number of aliphatic hydroxyl groups is 2. The zero-order valence-corrected chi connectivity index (χ0v) is 20.9. The first-order valence-electron chi connectivity index (χ1n) is 13.1. The van der Waals surface area contributed by atoms with E-state index in [9.17, 15) is 15.0 Å². The normalized spacial score (nSPS) is 41.6. The summed E-state index contributed by atoms with van der Waals surface area (Å²) in [6.07, 6.45) is 13.6. The van der Waals surface area contributed by atoms with Gasteiger partial charge < -0.3 is 14.9 Å². The molecule has 4 nitrogen and oxygen atoms in total. The average Bonchev–Trinajstić information content (AvgIpc) is 3.15. The number of carbonyl (C=O) groups excluding carboxylic acids is 1. The van der Waals surface area contributed by atoms with Gasteiger partial charge in [-0.1, -0.05) is 45.1 Å². The molecule has 0 bridgehead atoms. The van der Waals surface area contributed by atoms with Crippen LogP contribution in [0.1, 0.15) is 78.6 Å². The van der Waals surface area contributed by atoms with Crippen molar-refractivity contribution < 1.29 is 19.7 Å². The second kappa shape index (κ2) is 9.34. The lowest BCUT2D eigenvalue weighted by molar-refractivity contribution is -0.150. The van der Waals surface area contributed by atoms with Gasteiger partial charge in [-0.05, 0) is 91.8 Å². The zero-order valence-electron chi connectivity index (χ0n) is 20.9. The van der Waals surface area contributed by atoms with Gasteiger partial charge in [-0.3, -0.25) is 0 Å². The van der Waals surface area contributed by atoms with Gasteiger partial charge in [0, 0.05) is 6.42 Å². The van der Waals surface area contributed by atoms with E-state index in [-0.39, 0.29) is 41.1 Å². The molecule has 0 heterocycles. The highest BCUT2D eigenvalue weighted by atomic mass is 16.5. The molecule has 0 aromatic heterocycles. The molecular formula is C29H44O4. The molecule has 4 heteroatoms. The lowest BCUT2D eigenvalue weighted by atomic mass is 9.47. The summed E-state index contributed by atoms with van der Waals surface area (Å²) < 4.78 is 5.84. The Balaban J connectivity index is 1.54. The molecule has 0 amide bonds. The minimum atomic E-state index is -0.489. The molecule has 3 fully saturated rings. The van der Waals surface area contributed by atoms with Gasteiger partial charge in [-0.15, -0.1) is 6.58 Å². The van der Waals surface area contributed by atoms with Gasteiger partial charge in [0.25, 0.3) is 0 Å². The molecule has 0 unspecified atom stereocenters. The first-order chi connectivity index (χ1) is 15.7. The summed E-state index contributed by atoms with van der Waals surface area (Å²) in [5.74, 6) is 2.41. The summed E-state index contributed by atoms with van der Waals surface area (Å²) in [6.45, 7) is 14.4. The molecule has 0 spiro atoms. The average molecular weight is 457 g/mol. The van der Waals surface area contributed by atoms with Gasteiger partial charge in [0.2, 0.25) is 0 Å². The van der Waals surface area contributed by atoms with Crippen LogP contribution in [0.5, 0.6) is 0 Å². The van der Waals surface area contributed by atoms with E-state index in [0.717, 1.165) is 37.5 Å². The topological polar surface area (TPSA) is 66.8 Å². The van der Waals surface area contributed by atoms with Gasteiger partial charge >= 0.3 is 5.97 Å². The number of ether oxygens (including phenoxy) is 1. The van der Waals surface area contributed by atoms with E-state index in [1.165, 1.54) is 31.3 Å². The Bertz CT molecular complexity index is 814. The van der Waals surface area contributed by atoms with E-state index >= 15 is 0 Å². The van der Waals surface area contributed by atoms with Crippen LogP contribution in [0.2, 0.25) is 0 Å². The fraction of sp³-hybridized carbons (Fsp3) is 0.759. The first-order valence-corrected chi connectivity index (χ1v) is 13.1. The fourth-order valence-electron chi connectivity index (χ4n) is 8.62. The number of allylic oxidation sites excluding steroid dienone is 1. The summed E-state index contributed by atoms with van der Waals surface area (Å²) in [6, 6.07) is 0. The molecule has 4 aliphatic rings. The van der Waals surface area contributed by atoms with Gasteiger partial charge in [0.15, 0.2) is 0 Å². The number of esters is 1. The number of rotatable bonds is 7. The standard InChI is InChI=1S/C29H44O4/c1-6-7-26(33-27(32)18(2)17-30)19(3)23-10-11-24-22-9-8-20-16-21(31)12-14-28(20,4)25(22)13-15-29(23,24)5/h6,8,19,21-26,30-31H,1-2,7,9-17H2,3-5H3/t19-,21-,22-,23+,24-,25-,26+,28-,29+/m0/s1. The van der Waals surface area contributed by atoms with Gasteiger partial charge in [0.05, 0.1) is 18.3 Å². The first kappa shape index (κ1) is 24.7. The maximum atomic E-state index is 12.4. The van der Waals surface area contributed by atoms with Crippen molar-refractivity contribution in [3.05, 3.63) is 36.5 Å². The summed E-state index contributed by atoms with van der Waals surface area (Å²) in [4.78, 5) is 12.4. The van der Waals surface area contributed by atoms with Crippen LogP contribution in [0.3, 0.4) is 0 Å². The highest BCUT2D eigenvalue weighted by Crippen LogP contribution is 2.67. The predicted molar refractivity (Wildman–Crippen MR) is 131 cm³/mol. The van der Waals surface area contributed by atoms with Crippen LogP contribution in [0.15, 0.2) is 36.5 Å². The highest BCUT2D eigenvalue weighted by Gasteiger charge is 2.59. The summed E-state index contributed by atoms with van der Waals surface area (Å²) in [5, 5.41) is 19.5. The summed E-state index contributed by atoms with van der Waals surface area (Å²) in [7, 11) is 0. The highest BCUT2D eigenvalue weighted by molar-refractivity contribution is 5.88. The molecule has 184 valence electrons. The van der Waals surface area contributed by atoms with Crippen LogP contribution < -0.4 is 0 Å². The number of fused-ring (bicyclic) bond motifs is 5. The zero-order chi connectivity index (χ0) is 24.0. The largest absolute Gasteiger partial charge is 0.458 e. The number of carbonyl (C=O) groups is 1. The molecule has 9 atom stereocenters. The summed E-state index contributed by atoms with van der Waals surface area (Å²) >= 11 is 0. The van der Waals surface area contributed by atoms with Crippen molar-refractivity contribution in [2.45, 2.75) is 90.8 Å². The third-order valence-electron chi connectivity index (χ3n) is 10.5. The smallest absolute Gasteiger partial charge is 0.336 e. The lowest BCUT2D eigenvalue weighted by Crippen LogP contribution is -2.51. The van der Waals surface area contributed by atoms with Crippen LogP contribution >= 0.6 is 0 Å². The summed E-state index contributed by atoms with van der Waals surface area (Å²) in [5.41, 5.74) is 2.16. The minimum absolute atomic E-state index is 0.114. The number of hydrogen-bond donors (Lipinski definition) is 2. The van der Waals surface area contributed by atoms with Crippen molar-refractivity contribution in [1.82, 2.24) is 0 Å². The SMILES string of the molecule is C=CC[C@@H](OC(=O)C(=C)CO)[C@@H](C)[C@H]1CC[C@H]2[C@@H]3CC=C4C[C@@H](O)CC[C@]4(C)[C@H]3CC[C@]12C. The minimum Gasteiger partial charge on any atom is -0.458 e. The molecule has 0 aliphatic heterocycles. The van der Waals surface area contributed by atoms with E-state index in [4.69, 9.17) is 4.74 Å².